The molecule has 2 heterocycles. The third kappa shape index (κ3) is 2.63. The molecule has 4 nitrogen and oxygen atoms in total. The first-order chi connectivity index (χ1) is 9.22. The largest absolute Gasteiger partial charge is 0.481 e. The zero-order chi connectivity index (χ0) is 13.2. The van der Waals surface area contributed by atoms with Gasteiger partial charge in [-0.3, -0.25) is 9.69 Å². The molecule has 2 aromatic rings. The van der Waals surface area contributed by atoms with Crippen LogP contribution in [0.25, 0.3) is 10.9 Å². The van der Waals surface area contributed by atoms with Crippen molar-refractivity contribution in [1.82, 2.24) is 9.88 Å². The summed E-state index contributed by atoms with van der Waals surface area (Å²) in [5.74, 6) is -0.875. The lowest BCUT2D eigenvalue weighted by Gasteiger charge is -2.30. The highest BCUT2D eigenvalue weighted by molar-refractivity contribution is 5.80. The molecule has 1 aromatic heterocycles. The van der Waals surface area contributed by atoms with Gasteiger partial charge < -0.3 is 10.1 Å². The number of nitrogens with zero attached hydrogens (tertiary/aromatic N) is 1. The number of fused-ring (bicyclic) bond motifs is 1. The van der Waals surface area contributed by atoms with Gasteiger partial charge in [0.1, 0.15) is 0 Å². The fraction of sp³-hybridized carbons (Fsp3) is 0.400. The van der Waals surface area contributed by atoms with Crippen LogP contribution in [0.2, 0.25) is 0 Å². The van der Waals surface area contributed by atoms with E-state index in [1.165, 1.54) is 5.39 Å². The number of H-pyrrole nitrogens is 1. The number of carboxylic acids is 1. The van der Waals surface area contributed by atoms with Crippen LogP contribution in [0.4, 0.5) is 0 Å². The van der Waals surface area contributed by atoms with E-state index in [9.17, 15) is 4.79 Å². The Morgan fingerprint density at radius 1 is 1.42 bits per heavy atom. The number of carboxylic acid groups (broad SMARTS) is 1. The van der Waals surface area contributed by atoms with E-state index in [-0.39, 0.29) is 5.92 Å². The van der Waals surface area contributed by atoms with E-state index in [4.69, 9.17) is 5.11 Å². The van der Waals surface area contributed by atoms with Crippen molar-refractivity contribution in [3.05, 3.63) is 36.0 Å². The zero-order valence-corrected chi connectivity index (χ0v) is 10.8. The molecule has 4 heteroatoms. The second-order valence-corrected chi connectivity index (χ2v) is 5.29. The van der Waals surface area contributed by atoms with E-state index >= 15 is 0 Å². The molecule has 1 fully saturated rings. The maximum Gasteiger partial charge on any atom is 0.307 e. The molecule has 1 unspecified atom stereocenters. The van der Waals surface area contributed by atoms with Crippen molar-refractivity contribution in [3.63, 3.8) is 0 Å². The lowest BCUT2D eigenvalue weighted by Crippen LogP contribution is -2.38. The number of likely N-dealkylation sites (tertiary alicyclic amines) is 1. The summed E-state index contributed by atoms with van der Waals surface area (Å²) in [6, 6.07) is 10.4. The van der Waals surface area contributed by atoms with E-state index in [1.54, 1.807) is 0 Å². The molecular formula is C15H18N2O2. The first-order valence-corrected chi connectivity index (χ1v) is 6.74. The SMILES string of the molecule is O=C(O)C1CCCN(Cc2cc3ccccc3[nH]2)C1. The number of aromatic amines is 1. The van der Waals surface area contributed by atoms with Gasteiger partial charge in [0.25, 0.3) is 0 Å². The summed E-state index contributed by atoms with van der Waals surface area (Å²) in [6.45, 7) is 2.45. The van der Waals surface area contributed by atoms with E-state index in [0.717, 1.165) is 37.1 Å². The lowest BCUT2D eigenvalue weighted by atomic mass is 9.98. The smallest absolute Gasteiger partial charge is 0.307 e. The van der Waals surface area contributed by atoms with Crippen molar-refractivity contribution in [2.24, 2.45) is 5.92 Å². The summed E-state index contributed by atoms with van der Waals surface area (Å²) in [6.07, 6.45) is 1.77. The van der Waals surface area contributed by atoms with Crippen molar-refractivity contribution in [2.45, 2.75) is 19.4 Å². The van der Waals surface area contributed by atoms with Crippen LogP contribution >= 0.6 is 0 Å². The van der Waals surface area contributed by atoms with Gasteiger partial charge in [-0.05, 0) is 36.9 Å². The number of aliphatic carboxylic acids is 1. The predicted molar refractivity (Wildman–Crippen MR) is 73.9 cm³/mol. The molecule has 19 heavy (non-hydrogen) atoms. The van der Waals surface area contributed by atoms with Crippen molar-refractivity contribution < 1.29 is 9.90 Å². The highest BCUT2D eigenvalue weighted by Crippen LogP contribution is 2.20. The fourth-order valence-corrected chi connectivity index (χ4v) is 2.86. The quantitative estimate of drug-likeness (QED) is 0.889. The number of hydrogen-bond acceptors (Lipinski definition) is 2. The minimum Gasteiger partial charge on any atom is -0.481 e. The molecule has 1 aliphatic heterocycles. The van der Waals surface area contributed by atoms with Crippen molar-refractivity contribution >= 4 is 16.9 Å². The van der Waals surface area contributed by atoms with Crippen LogP contribution in [0.5, 0.6) is 0 Å². The van der Waals surface area contributed by atoms with Gasteiger partial charge in [-0.25, -0.2) is 0 Å². The molecular weight excluding hydrogens is 240 g/mol. The van der Waals surface area contributed by atoms with Gasteiger partial charge in [-0.15, -0.1) is 0 Å². The third-order valence-electron chi connectivity index (χ3n) is 3.83. The number of carbonyl (C=O) groups is 1. The van der Waals surface area contributed by atoms with E-state index in [0.29, 0.717) is 6.54 Å². The standard InChI is InChI=1S/C15H18N2O2/c18-15(19)12-5-3-7-17(9-12)10-13-8-11-4-1-2-6-14(11)16-13/h1-2,4,6,8,12,16H,3,5,7,9-10H2,(H,18,19). The molecule has 1 atom stereocenters. The summed E-state index contributed by atoms with van der Waals surface area (Å²) in [4.78, 5) is 16.7. The first kappa shape index (κ1) is 12.2. The topological polar surface area (TPSA) is 56.3 Å². The fourth-order valence-electron chi connectivity index (χ4n) is 2.86. The second-order valence-electron chi connectivity index (χ2n) is 5.29. The predicted octanol–water partition coefficient (Wildman–Crippen LogP) is 2.46. The monoisotopic (exact) mass is 258 g/mol. The van der Waals surface area contributed by atoms with Crippen molar-refractivity contribution in [1.29, 1.82) is 0 Å². The normalized spacial score (nSPS) is 20.7. The second kappa shape index (κ2) is 5.05. The summed E-state index contributed by atoms with van der Waals surface area (Å²) < 4.78 is 0. The average Bonchev–Trinajstić information content (AvgIpc) is 2.81. The van der Waals surface area contributed by atoms with E-state index < -0.39 is 5.97 Å². The van der Waals surface area contributed by atoms with Gasteiger partial charge in [0.15, 0.2) is 0 Å². The summed E-state index contributed by atoms with van der Waals surface area (Å²) in [7, 11) is 0. The molecule has 1 aliphatic rings. The van der Waals surface area contributed by atoms with Gasteiger partial charge in [0.05, 0.1) is 5.92 Å². The van der Waals surface area contributed by atoms with Crippen LogP contribution in [0, 0.1) is 5.92 Å². The number of para-hydroxylation sites is 1. The Hall–Kier alpha value is -1.81. The van der Waals surface area contributed by atoms with Gasteiger partial charge in [0, 0.05) is 24.3 Å². The highest BCUT2D eigenvalue weighted by atomic mass is 16.4. The Balaban J connectivity index is 1.72. The molecule has 1 aromatic carbocycles. The van der Waals surface area contributed by atoms with Gasteiger partial charge >= 0.3 is 5.97 Å². The van der Waals surface area contributed by atoms with Crippen LogP contribution in [-0.2, 0) is 11.3 Å². The van der Waals surface area contributed by atoms with Gasteiger partial charge in [-0.2, -0.15) is 0 Å². The Labute approximate surface area is 112 Å². The molecule has 0 bridgehead atoms. The maximum atomic E-state index is 11.1. The Kier molecular flexibility index (Phi) is 3.25. The number of rotatable bonds is 3. The molecule has 1 saturated heterocycles. The Morgan fingerprint density at radius 2 is 2.26 bits per heavy atom. The van der Waals surface area contributed by atoms with Crippen LogP contribution in [0.3, 0.4) is 0 Å². The molecule has 0 radical (unpaired) electrons. The zero-order valence-electron chi connectivity index (χ0n) is 10.8. The molecule has 3 rings (SSSR count). The average molecular weight is 258 g/mol. The molecule has 0 aliphatic carbocycles. The first-order valence-electron chi connectivity index (χ1n) is 6.74. The highest BCUT2D eigenvalue weighted by Gasteiger charge is 2.25. The molecule has 0 amide bonds. The van der Waals surface area contributed by atoms with Crippen molar-refractivity contribution in [3.8, 4) is 0 Å². The molecule has 2 N–H and O–H groups in total. The van der Waals surface area contributed by atoms with Crippen LogP contribution in [0.1, 0.15) is 18.5 Å². The minimum absolute atomic E-state index is 0.210. The van der Waals surface area contributed by atoms with Crippen LogP contribution in [-0.4, -0.2) is 34.0 Å². The lowest BCUT2D eigenvalue weighted by molar-refractivity contribution is -0.143. The van der Waals surface area contributed by atoms with E-state index in [2.05, 4.69) is 28.1 Å². The third-order valence-corrected chi connectivity index (χ3v) is 3.83. The summed E-state index contributed by atoms with van der Waals surface area (Å²) >= 11 is 0. The maximum absolute atomic E-state index is 11.1. The molecule has 0 saturated carbocycles. The van der Waals surface area contributed by atoms with Crippen molar-refractivity contribution in [2.75, 3.05) is 13.1 Å². The Morgan fingerprint density at radius 3 is 3.05 bits per heavy atom. The number of piperidine rings is 1. The number of nitrogens with one attached hydrogen (secondary N) is 1. The summed E-state index contributed by atoms with van der Waals surface area (Å²) in [5, 5.41) is 10.3. The van der Waals surface area contributed by atoms with E-state index in [1.807, 2.05) is 12.1 Å². The summed E-state index contributed by atoms with van der Waals surface area (Å²) in [5.41, 5.74) is 2.30. The van der Waals surface area contributed by atoms with Gasteiger partial charge in [-0.1, -0.05) is 18.2 Å². The minimum atomic E-state index is -0.665. The van der Waals surface area contributed by atoms with Crippen LogP contribution < -0.4 is 0 Å². The number of aromatic nitrogens is 1. The molecule has 100 valence electrons. The number of benzene rings is 1. The Bertz CT molecular complexity index is 558. The van der Waals surface area contributed by atoms with Gasteiger partial charge in [0.2, 0.25) is 0 Å². The molecule has 0 spiro atoms. The number of hydrogen-bond donors (Lipinski definition) is 2. The van der Waals surface area contributed by atoms with Crippen LogP contribution in [0.15, 0.2) is 30.3 Å².